The highest BCUT2D eigenvalue weighted by molar-refractivity contribution is 14.0. The summed E-state index contributed by atoms with van der Waals surface area (Å²) in [5.74, 6) is 0.930. The molecule has 1 aromatic heterocycles. The van der Waals surface area contributed by atoms with Gasteiger partial charge >= 0.3 is 0 Å². The van der Waals surface area contributed by atoms with Gasteiger partial charge in [-0.15, -0.1) is 35.3 Å². The standard InChI is InChI=1S/C21H32N6S.HI/c1-18-24-19(17-28-18)16-25(3)21(22-2)23-10-7-11-26-12-14-27(15-13-26)20-8-5-4-6-9-20;/h4-6,8-9,17H,7,10-16H2,1-3H3,(H,22,23);1H. The summed E-state index contributed by atoms with van der Waals surface area (Å²) in [7, 11) is 3.90. The molecule has 0 spiro atoms. The molecule has 8 heteroatoms. The second-order valence-corrected chi connectivity index (χ2v) is 8.27. The van der Waals surface area contributed by atoms with Crippen LogP contribution in [0.3, 0.4) is 0 Å². The van der Waals surface area contributed by atoms with Crippen molar-refractivity contribution in [3.63, 3.8) is 0 Å². The zero-order chi connectivity index (χ0) is 19.8. The Kier molecular flexibility index (Phi) is 10.2. The van der Waals surface area contributed by atoms with Crippen LogP contribution in [0.15, 0.2) is 40.7 Å². The molecule has 0 unspecified atom stereocenters. The number of anilines is 1. The Hall–Kier alpha value is -1.39. The number of hydrogen-bond acceptors (Lipinski definition) is 5. The molecule has 0 aliphatic carbocycles. The van der Waals surface area contributed by atoms with Gasteiger partial charge in [-0.05, 0) is 32.0 Å². The number of nitrogens with zero attached hydrogens (tertiary/aromatic N) is 5. The van der Waals surface area contributed by atoms with E-state index in [0.29, 0.717) is 0 Å². The minimum Gasteiger partial charge on any atom is -0.369 e. The minimum atomic E-state index is 0. The molecule has 0 atom stereocenters. The van der Waals surface area contributed by atoms with Crippen LogP contribution in [0.25, 0.3) is 0 Å². The number of thiazole rings is 1. The molecule has 6 nitrogen and oxygen atoms in total. The summed E-state index contributed by atoms with van der Waals surface area (Å²) in [5.41, 5.74) is 2.44. The van der Waals surface area contributed by atoms with Gasteiger partial charge in [0.2, 0.25) is 0 Å². The van der Waals surface area contributed by atoms with E-state index in [1.807, 2.05) is 14.0 Å². The second-order valence-electron chi connectivity index (χ2n) is 7.21. The van der Waals surface area contributed by atoms with E-state index in [1.54, 1.807) is 11.3 Å². The lowest BCUT2D eigenvalue weighted by molar-refractivity contribution is 0.255. The van der Waals surface area contributed by atoms with Gasteiger partial charge in [0, 0.05) is 57.9 Å². The lowest BCUT2D eigenvalue weighted by Crippen LogP contribution is -2.47. The number of piperazine rings is 1. The maximum atomic E-state index is 4.54. The topological polar surface area (TPSA) is 47.0 Å². The van der Waals surface area contributed by atoms with E-state index in [1.165, 1.54) is 5.69 Å². The first-order valence-electron chi connectivity index (χ1n) is 10.0. The molecular formula is C21H33IN6S. The highest BCUT2D eigenvalue weighted by atomic mass is 127. The fourth-order valence-corrected chi connectivity index (χ4v) is 4.16. The van der Waals surface area contributed by atoms with Crippen LogP contribution in [0.1, 0.15) is 17.1 Å². The average molecular weight is 529 g/mol. The van der Waals surface area contributed by atoms with E-state index in [2.05, 4.69) is 72.8 Å². The maximum Gasteiger partial charge on any atom is 0.193 e. The van der Waals surface area contributed by atoms with Gasteiger partial charge in [0.15, 0.2) is 5.96 Å². The Balaban J connectivity index is 0.00000300. The molecule has 0 bridgehead atoms. The van der Waals surface area contributed by atoms with Crippen LogP contribution >= 0.6 is 35.3 Å². The molecule has 1 fully saturated rings. The largest absolute Gasteiger partial charge is 0.369 e. The van der Waals surface area contributed by atoms with Crippen LogP contribution in [-0.4, -0.2) is 74.1 Å². The summed E-state index contributed by atoms with van der Waals surface area (Å²) in [5, 5.41) is 6.71. The first kappa shape index (κ1) is 23.9. The van der Waals surface area contributed by atoms with Crippen LogP contribution in [-0.2, 0) is 6.54 Å². The van der Waals surface area contributed by atoms with E-state index in [9.17, 15) is 0 Å². The molecule has 1 N–H and O–H groups in total. The predicted molar refractivity (Wildman–Crippen MR) is 135 cm³/mol. The van der Waals surface area contributed by atoms with E-state index >= 15 is 0 Å². The highest BCUT2D eigenvalue weighted by Crippen LogP contribution is 2.15. The summed E-state index contributed by atoms with van der Waals surface area (Å²) in [4.78, 5) is 16.1. The molecule has 1 aliphatic heterocycles. The smallest absolute Gasteiger partial charge is 0.193 e. The zero-order valence-corrected chi connectivity index (χ0v) is 20.8. The predicted octanol–water partition coefficient (Wildman–Crippen LogP) is 3.29. The minimum absolute atomic E-state index is 0. The number of guanidine groups is 1. The molecule has 3 rings (SSSR count). The average Bonchev–Trinajstić information content (AvgIpc) is 3.13. The Morgan fingerprint density at radius 1 is 1.21 bits per heavy atom. The van der Waals surface area contributed by atoms with Gasteiger partial charge in [0.05, 0.1) is 17.2 Å². The van der Waals surface area contributed by atoms with Crippen molar-refractivity contribution < 1.29 is 0 Å². The van der Waals surface area contributed by atoms with E-state index < -0.39 is 0 Å². The van der Waals surface area contributed by atoms with Crippen molar-refractivity contribution in [1.82, 2.24) is 20.1 Å². The van der Waals surface area contributed by atoms with Gasteiger partial charge < -0.3 is 15.1 Å². The van der Waals surface area contributed by atoms with Gasteiger partial charge in [-0.25, -0.2) is 4.98 Å². The van der Waals surface area contributed by atoms with Crippen molar-refractivity contribution in [2.24, 2.45) is 4.99 Å². The first-order chi connectivity index (χ1) is 13.7. The molecule has 0 saturated carbocycles. The summed E-state index contributed by atoms with van der Waals surface area (Å²) >= 11 is 1.69. The van der Waals surface area contributed by atoms with Gasteiger partial charge in [0.25, 0.3) is 0 Å². The molecule has 1 aromatic carbocycles. The third kappa shape index (κ3) is 7.42. The van der Waals surface area contributed by atoms with Gasteiger partial charge in [-0.1, -0.05) is 18.2 Å². The first-order valence-corrected chi connectivity index (χ1v) is 10.9. The van der Waals surface area contributed by atoms with Gasteiger partial charge in [-0.3, -0.25) is 9.89 Å². The Morgan fingerprint density at radius 3 is 2.55 bits per heavy atom. The van der Waals surface area contributed by atoms with Gasteiger partial charge in [0.1, 0.15) is 0 Å². The van der Waals surface area contributed by atoms with E-state index in [0.717, 1.165) is 68.9 Å². The Morgan fingerprint density at radius 2 is 1.93 bits per heavy atom. The summed E-state index contributed by atoms with van der Waals surface area (Å²) < 4.78 is 0. The third-order valence-corrected chi connectivity index (χ3v) is 5.89. The van der Waals surface area contributed by atoms with E-state index in [-0.39, 0.29) is 24.0 Å². The third-order valence-electron chi connectivity index (χ3n) is 5.07. The quantitative estimate of drug-likeness (QED) is 0.259. The number of aryl methyl sites for hydroxylation is 1. The van der Waals surface area contributed by atoms with Crippen LogP contribution in [0.5, 0.6) is 0 Å². The number of para-hydroxylation sites is 1. The lowest BCUT2D eigenvalue weighted by Gasteiger charge is -2.36. The number of aromatic nitrogens is 1. The monoisotopic (exact) mass is 528 g/mol. The molecule has 1 saturated heterocycles. The second kappa shape index (κ2) is 12.3. The molecule has 160 valence electrons. The fourth-order valence-electron chi connectivity index (χ4n) is 3.55. The maximum absolute atomic E-state index is 4.54. The fraction of sp³-hybridized carbons (Fsp3) is 0.524. The molecule has 0 radical (unpaired) electrons. The number of aliphatic imine (C=N–C) groups is 1. The number of rotatable bonds is 7. The van der Waals surface area contributed by atoms with Crippen molar-refractivity contribution in [2.75, 3.05) is 58.3 Å². The van der Waals surface area contributed by atoms with Crippen molar-refractivity contribution in [2.45, 2.75) is 19.9 Å². The number of hydrogen-bond donors (Lipinski definition) is 1. The Bertz CT molecular complexity index is 743. The lowest BCUT2D eigenvalue weighted by atomic mass is 10.2. The van der Waals surface area contributed by atoms with Gasteiger partial charge in [-0.2, -0.15) is 0 Å². The SMILES string of the molecule is CN=C(NCCCN1CCN(c2ccccc2)CC1)N(C)Cc1csc(C)n1.I. The van der Waals surface area contributed by atoms with Crippen molar-refractivity contribution >= 4 is 47.0 Å². The Labute approximate surface area is 196 Å². The summed E-state index contributed by atoms with van der Waals surface area (Å²) in [6, 6.07) is 10.7. The van der Waals surface area contributed by atoms with E-state index in [4.69, 9.17) is 0 Å². The molecular weight excluding hydrogens is 495 g/mol. The highest BCUT2D eigenvalue weighted by Gasteiger charge is 2.16. The zero-order valence-electron chi connectivity index (χ0n) is 17.7. The van der Waals surface area contributed by atoms with Crippen molar-refractivity contribution in [3.05, 3.63) is 46.4 Å². The van der Waals surface area contributed by atoms with Crippen LogP contribution in [0, 0.1) is 6.92 Å². The normalized spacial score (nSPS) is 15.1. The van der Waals surface area contributed by atoms with Crippen LogP contribution in [0.2, 0.25) is 0 Å². The number of benzene rings is 1. The molecule has 2 aromatic rings. The number of nitrogens with one attached hydrogen (secondary N) is 1. The van der Waals surface area contributed by atoms with Crippen LogP contribution in [0.4, 0.5) is 5.69 Å². The van der Waals surface area contributed by atoms with Crippen molar-refractivity contribution in [3.8, 4) is 0 Å². The molecule has 29 heavy (non-hydrogen) atoms. The number of halogens is 1. The molecule has 2 heterocycles. The summed E-state index contributed by atoms with van der Waals surface area (Å²) in [6.07, 6.45) is 1.12. The van der Waals surface area contributed by atoms with Crippen LogP contribution < -0.4 is 10.2 Å². The molecule has 0 amide bonds. The van der Waals surface area contributed by atoms with Crippen molar-refractivity contribution in [1.29, 1.82) is 0 Å². The molecule has 1 aliphatic rings. The summed E-state index contributed by atoms with van der Waals surface area (Å²) in [6.45, 7) is 9.36.